The van der Waals surface area contributed by atoms with Gasteiger partial charge in [-0.15, -0.1) is 0 Å². The summed E-state index contributed by atoms with van der Waals surface area (Å²) in [6, 6.07) is 7.96. The standard InChI is InChI=1S/C14H23N3/c1-12(11-17-7-2-3-8-17)10-16-14-6-4-5-13(15)9-14/h4-6,9,12,16H,2-3,7-8,10-11,15H2,1H3. The van der Waals surface area contributed by atoms with Gasteiger partial charge in [0.05, 0.1) is 0 Å². The number of anilines is 2. The van der Waals surface area contributed by atoms with Crippen LogP contribution in [0.3, 0.4) is 0 Å². The summed E-state index contributed by atoms with van der Waals surface area (Å²) in [4.78, 5) is 2.56. The van der Waals surface area contributed by atoms with E-state index in [9.17, 15) is 0 Å². The van der Waals surface area contributed by atoms with E-state index in [1.54, 1.807) is 0 Å². The molecule has 0 radical (unpaired) electrons. The van der Waals surface area contributed by atoms with Gasteiger partial charge in [-0.1, -0.05) is 13.0 Å². The largest absolute Gasteiger partial charge is 0.399 e. The Balaban J connectivity index is 1.73. The second-order valence-electron chi connectivity index (χ2n) is 5.12. The van der Waals surface area contributed by atoms with Crippen molar-refractivity contribution in [2.45, 2.75) is 19.8 Å². The Morgan fingerprint density at radius 3 is 2.82 bits per heavy atom. The number of nitrogens with two attached hydrogens (primary N) is 1. The Morgan fingerprint density at radius 2 is 2.12 bits per heavy atom. The maximum atomic E-state index is 5.75. The molecule has 1 unspecified atom stereocenters. The minimum atomic E-state index is 0.675. The molecule has 94 valence electrons. The lowest BCUT2D eigenvalue weighted by molar-refractivity contribution is 0.294. The minimum Gasteiger partial charge on any atom is -0.399 e. The van der Waals surface area contributed by atoms with Crippen LogP contribution in [-0.4, -0.2) is 31.1 Å². The molecular formula is C14H23N3. The van der Waals surface area contributed by atoms with Gasteiger partial charge in [0.2, 0.25) is 0 Å². The van der Waals surface area contributed by atoms with Crippen LogP contribution in [0.25, 0.3) is 0 Å². The lowest BCUT2D eigenvalue weighted by Gasteiger charge is -2.20. The van der Waals surface area contributed by atoms with Crippen LogP contribution < -0.4 is 11.1 Å². The molecule has 1 fully saturated rings. The van der Waals surface area contributed by atoms with Crippen LogP contribution in [0.1, 0.15) is 19.8 Å². The van der Waals surface area contributed by atoms with Crippen molar-refractivity contribution < 1.29 is 0 Å². The van der Waals surface area contributed by atoms with E-state index in [0.29, 0.717) is 5.92 Å². The van der Waals surface area contributed by atoms with Crippen molar-refractivity contribution in [3.8, 4) is 0 Å². The summed E-state index contributed by atoms with van der Waals surface area (Å²) in [5, 5.41) is 3.45. The highest BCUT2D eigenvalue weighted by Gasteiger charge is 2.14. The summed E-state index contributed by atoms with van der Waals surface area (Å²) in [5.74, 6) is 0.675. The average molecular weight is 233 g/mol. The molecule has 1 aromatic carbocycles. The molecule has 3 heteroatoms. The Labute approximate surface area is 104 Å². The summed E-state index contributed by atoms with van der Waals surface area (Å²) in [6.45, 7) is 7.08. The normalized spacial score (nSPS) is 18.2. The van der Waals surface area contributed by atoms with Crippen molar-refractivity contribution in [2.75, 3.05) is 37.2 Å². The molecule has 0 aliphatic carbocycles. The highest BCUT2D eigenvalue weighted by molar-refractivity contribution is 5.53. The zero-order valence-corrected chi connectivity index (χ0v) is 10.7. The summed E-state index contributed by atoms with van der Waals surface area (Å²) in [6.07, 6.45) is 2.74. The Kier molecular flexibility index (Phi) is 4.26. The number of nitrogen functional groups attached to an aromatic ring is 1. The fraction of sp³-hybridized carbons (Fsp3) is 0.571. The number of hydrogen-bond acceptors (Lipinski definition) is 3. The molecule has 1 heterocycles. The van der Waals surface area contributed by atoms with E-state index >= 15 is 0 Å². The van der Waals surface area contributed by atoms with Gasteiger partial charge in [0.25, 0.3) is 0 Å². The lowest BCUT2D eigenvalue weighted by Crippen LogP contribution is -2.28. The van der Waals surface area contributed by atoms with E-state index in [2.05, 4.69) is 23.2 Å². The first-order valence-electron chi connectivity index (χ1n) is 6.56. The summed E-state index contributed by atoms with van der Waals surface area (Å²) in [7, 11) is 0. The fourth-order valence-corrected chi connectivity index (χ4v) is 2.41. The second kappa shape index (κ2) is 5.92. The zero-order valence-electron chi connectivity index (χ0n) is 10.7. The van der Waals surface area contributed by atoms with E-state index in [1.807, 2.05) is 18.2 Å². The SMILES string of the molecule is CC(CNc1cccc(N)c1)CN1CCCC1. The van der Waals surface area contributed by atoms with Crippen LogP contribution in [0.15, 0.2) is 24.3 Å². The van der Waals surface area contributed by atoms with Gasteiger partial charge < -0.3 is 16.0 Å². The third-order valence-corrected chi connectivity index (χ3v) is 3.31. The van der Waals surface area contributed by atoms with Crippen LogP contribution in [0.2, 0.25) is 0 Å². The maximum Gasteiger partial charge on any atom is 0.0360 e. The Morgan fingerprint density at radius 1 is 1.35 bits per heavy atom. The maximum absolute atomic E-state index is 5.75. The molecule has 1 aromatic rings. The van der Waals surface area contributed by atoms with Crippen LogP contribution >= 0.6 is 0 Å². The van der Waals surface area contributed by atoms with E-state index in [-0.39, 0.29) is 0 Å². The van der Waals surface area contributed by atoms with Crippen molar-refractivity contribution in [1.29, 1.82) is 0 Å². The molecule has 3 N–H and O–H groups in total. The highest BCUT2D eigenvalue weighted by atomic mass is 15.1. The number of likely N-dealkylation sites (tertiary alicyclic amines) is 1. The van der Waals surface area contributed by atoms with Crippen LogP contribution in [-0.2, 0) is 0 Å². The third-order valence-electron chi connectivity index (χ3n) is 3.31. The molecule has 0 aromatic heterocycles. The number of nitrogens with zero attached hydrogens (tertiary/aromatic N) is 1. The first-order valence-corrected chi connectivity index (χ1v) is 6.56. The zero-order chi connectivity index (χ0) is 12.1. The third kappa shape index (κ3) is 3.93. The number of benzene rings is 1. The van der Waals surface area contributed by atoms with E-state index in [1.165, 1.54) is 32.5 Å². The second-order valence-corrected chi connectivity index (χ2v) is 5.12. The Bertz CT molecular complexity index is 345. The summed E-state index contributed by atoms with van der Waals surface area (Å²) < 4.78 is 0. The van der Waals surface area contributed by atoms with Gasteiger partial charge in [0, 0.05) is 24.5 Å². The summed E-state index contributed by atoms with van der Waals surface area (Å²) in [5.41, 5.74) is 7.69. The van der Waals surface area contributed by atoms with Gasteiger partial charge in [-0.2, -0.15) is 0 Å². The van der Waals surface area contributed by atoms with Crippen LogP contribution in [0.5, 0.6) is 0 Å². The Hall–Kier alpha value is -1.22. The van der Waals surface area contributed by atoms with Gasteiger partial charge in [0.15, 0.2) is 0 Å². The molecule has 1 aliphatic heterocycles. The molecule has 17 heavy (non-hydrogen) atoms. The molecule has 0 spiro atoms. The number of hydrogen-bond donors (Lipinski definition) is 2. The van der Waals surface area contributed by atoms with Crippen molar-refractivity contribution in [3.63, 3.8) is 0 Å². The van der Waals surface area contributed by atoms with Gasteiger partial charge in [-0.05, 0) is 50.0 Å². The van der Waals surface area contributed by atoms with Crippen molar-refractivity contribution >= 4 is 11.4 Å². The summed E-state index contributed by atoms with van der Waals surface area (Å²) >= 11 is 0. The van der Waals surface area contributed by atoms with E-state index in [0.717, 1.165) is 17.9 Å². The minimum absolute atomic E-state index is 0.675. The molecule has 2 rings (SSSR count). The van der Waals surface area contributed by atoms with Gasteiger partial charge in [-0.25, -0.2) is 0 Å². The highest BCUT2D eigenvalue weighted by Crippen LogP contribution is 2.14. The molecular weight excluding hydrogens is 210 g/mol. The fourth-order valence-electron chi connectivity index (χ4n) is 2.41. The van der Waals surface area contributed by atoms with Crippen molar-refractivity contribution in [1.82, 2.24) is 4.90 Å². The van der Waals surface area contributed by atoms with Crippen molar-refractivity contribution in [2.24, 2.45) is 5.92 Å². The predicted octanol–water partition coefficient (Wildman–Crippen LogP) is 2.41. The molecule has 1 saturated heterocycles. The van der Waals surface area contributed by atoms with Gasteiger partial charge in [0.1, 0.15) is 0 Å². The van der Waals surface area contributed by atoms with Crippen LogP contribution in [0.4, 0.5) is 11.4 Å². The van der Waals surface area contributed by atoms with Gasteiger partial charge in [-0.3, -0.25) is 0 Å². The molecule has 1 atom stereocenters. The van der Waals surface area contributed by atoms with E-state index < -0.39 is 0 Å². The smallest absolute Gasteiger partial charge is 0.0360 e. The molecule has 0 saturated carbocycles. The number of rotatable bonds is 5. The first kappa shape index (κ1) is 12.2. The average Bonchev–Trinajstić information content (AvgIpc) is 2.79. The van der Waals surface area contributed by atoms with E-state index in [4.69, 9.17) is 5.73 Å². The molecule has 0 bridgehead atoms. The topological polar surface area (TPSA) is 41.3 Å². The quantitative estimate of drug-likeness (QED) is 0.767. The first-order chi connectivity index (χ1) is 8.24. The molecule has 3 nitrogen and oxygen atoms in total. The van der Waals surface area contributed by atoms with Gasteiger partial charge >= 0.3 is 0 Å². The number of nitrogens with one attached hydrogen (secondary N) is 1. The van der Waals surface area contributed by atoms with Crippen LogP contribution in [0, 0.1) is 5.92 Å². The molecule has 1 aliphatic rings. The predicted molar refractivity (Wildman–Crippen MR) is 74.2 cm³/mol. The lowest BCUT2D eigenvalue weighted by atomic mass is 10.1. The molecule has 0 amide bonds. The van der Waals surface area contributed by atoms with Crippen molar-refractivity contribution in [3.05, 3.63) is 24.3 Å². The monoisotopic (exact) mass is 233 g/mol.